The van der Waals surface area contributed by atoms with Crippen LogP contribution in [-0.4, -0.2) is 3.21 Å². The van der Waals surface area contributed by atoms with Gasteiger partial charge in [-0.15, -0.1) is 0 Å². The van der Waals surface area contributed by atoms with Crippen molar-refractivity contribution in [1.29, 1.82) is 0 Å². The minimum absolute atomic E-state index is 0. The molecule has 1 saturated carbocycles. The third kappa shape index (κ3) is 4.53. The van der Waals surface area contributed by atoms with E-state index in [4.69, 9.17) is 0 Å². The summed E-state index contributed by atoms with van der Waals surface area (Å²) in [5, 5.41) is 0. The van der Waals surface area contributed by atoms with Gasteiger partial charge in [0.25, 0.3) is 0 Å². The van der Waals surface area contributed by atoms with Crippen molar-refractivity contribution in [3.8, 4) is 11.1 Å². The topological polar surface area (TPSA) is 0 Å². The summed E-state index contributed by atoms with van der Waals surface area (Å²) in [6.07, 6.45) is 12.1. The van der Waals surface area contributed by atoms with E-state index in [1.54, 1.807) is 11.1 Å². The van der Waals surface area contributed by atoms with Crippen molar-refractivity contribution in [2.24, 2.45) is 5.92 Å². The van der Waals surface area contributed by atoms with Gasteiger partial charge in [-0.25, -0.2) is 0 Å². The van der Waals surface area contributed by atoms with E-state index in [9.17, 15) is 0 Å². The molecule has 6 rings (SSSR count). The van der Waals surface area contributed by atoms with Crippen LogP contribution in [0.3, 0.4) is 0 Å². The van der Waals surface area contributed by atoms with Crippen molar-refractivity contribution in [2.45, 2.75) is 42.7 Å². The molecule has 1 atom stereocenters. The zero-order chi connectivity index (χ0) is 21.5. The van der Waals surface area contributed by atoms with E-state index < -0.39 is 21.3 Å². The third-order valence-corrected chi connectivity index (χ3v) is 16.7. The van der Waals surface area contributed by atoms with Crippen molar-refractivity contribution < 1.29 is 46.1 Å². The molecule has 0 amide bonds. The van der Waals surface area contributed by atoms with E-state index in [-0.39, 0.29) is 24.8 Å². The Morgan fingerprint density at radius 3 is 1.85 bits per heavy atom. The monoisotopic (exact) mass is 562 g/mol. The largest absolute Gasteiger partial charge is 1.00 e. The fourth-order valence-electron chi connectivity index (χ4n) is 6.13. The molecule has 1 unspecified atom stereocenters. The van der Waals surface area contributed by atoms with Crippen LogP contribution >= 0.6 is 0 Å². The molecule has 3 aliphatic carbocycles. The maximum atomic E-state index is 2.62. The number of hydrogen-bond acceptors (Lipinski definition) is 0. The molecule has 1 fully saturated rings. The molecular formula is C31H30Cl2Zr. The molecular weight excluding hydrogens is 534 g/mol. The number of rotatable bonds is 3. The van der Waals surface area contributed by atoms with Gasteiger partial charge in [-0.1, -0.05) is 0 Å². The van der Waals surface area contributed by atoms with E-state index >= 15 is 0 Å². The summed E-state index contributed by atoms with van der Waals surface area (Å²) in [5.41, 5.74) is 9.03. The Morgan fingerprint density at radius 2 is 1.24 bits per heavy atom. The molecule has 0 aliphatic heterocycles. The summed E-state index contributed by atoms with van der Waals surface area (Å²) in [5.74, 6) is 0.564. The summed E-state index contributed by atoms with van der Waals surface area (Å²) in [6.45, 7) is 2.46. The molecule has 0 saturated heterocycles. The molecule has 0 bridgehead atoms. The predicted molar refractivity (Wildman–Crippen MR) is 133 cm³/mol. The van der Waals surface area contributed by atoms with Crippen LogP contribution < -0.4 is 24.8 Å². The summed E-state index contributed by atoms with van der Waals surface area (Å²) in [6, 6.07) is 29.6. The molecule has 0 nitrogen and oxygen atoms in total. The third-order valence-electron chi connectivity index (χ3n) is 7.61. The molecule has 0 N–H and O–H groups in total. The Morgan fingerprint density at radius 1 is 0.676 bits per heavy atom. The summed E-state index contributed by atoms with van der Waals surface area (Å²) < 4.78 is 4.44. The van der Waals surface area contributed by atoms with Gasteiger partial charge in [0.1, 0.15) is 0 Å². The SMILES string of the molecule is CC1C=C(c2ccccc2)C=[C]1[Zr+2](=[C]1CCCCC1)[CH]1c2ccccc2-c2ccccc21.[Cl-].[Cl-]. The van der Waals surface area contributed by atoms with Crippen LogP contribution in [0.1, 0.15) is 59.3 Å². The molecule has 3 aliphatic rings. The second-order valence-electron chi connectivity index (χ2n) is 9.56. The van der Waals surface area contributed by atoms with Gasteiger partial charge in [0.2, 0.25) is 0 Å². The van der Waals surface area contributed by atoms with Crippen LogP contribution in [0.15, 0.2) is 94.3 Å². The number of benzene rings is 3. The van der Waals surface area contributed by atoms with Crippen molar-refractivity contribution in [3.63, 3.8) is 0 Å². The Balaban J connectivity index is 0.00000137. The van der Waals surface area contributed by atoms with Gasteiger partial charge in [0.15, 0.2) is 0 Å². The zero-order valence-corrected chi connectivity index (χ0v) is 23.6. The molecule has 0 heterocycles. The van der Waals surface area contributed by atoms with Gasteiger partial charge in [-0.2, -0.15) is 0 Å². The van der Waals surface area contributed by atoms with Gasteiger partial charge in [0.05, 0.1) is 0 Å². The standard InChI is InChI=1S/C13H9.C12H11.C6H10.2ClH.Zr/c1-3-7-12-10(5-1)9-11-6-2-4-8-13(11)12;1-10-7-8-12(9-10)11-5-3-2-4-6-11;1-2-4-6-5-3-1;;;/h1-9H;2-6,8-10H,1H3;1-5H2;2*1H;/q;;;;;+2/p-2. The first-order valence-corrected chi connectivity index (χ1v) is 16.1. The molecule has 34 heavy (non-hydrogen) atoms. The van der Waals surface area contributed by atoms with E-state index in [0.717, 1.165) is 0 Å². The summed E-state index contributed by atoms with van der Waals surface area (Å²) in [4.78, 5) is 0. The van der Waals surface area contributed by atoms with Crippen molar-refractivity contribution >= 4 is 8.78 Å². The van der Waals surface area contributed by atoms with Crippen LogP contribution in [0.25, 0.3) is 16.7 Å². The van der Waals surface area contributed by atoms with Gasteiger partial charge in [-0.3, -0.25) is 0 Å². The van der Waals surface area contributed by atoms with Crippen molar-refractivity contribution in [3.05, 3.63) is 111 Å². The number of hydrogen-bond donors (Lipinski definition) is 0. The van der Waals surface area contributed by atoms with Gasteiger partial charge < -0.3 is 24.8 Å². The molecule has 3 aromatic rings. The average Bonchev–Trinajstić information content (AvgIpc) is 3.40. The summed E-state index contributed by atoms with van der Waals surface area (Å²) in [7, 11) is 0. The fourth-order valence-corrected chi connectivity index (χ4v) is 16.1. The molecule has 3 aromatic carbocycles. The smallest absolute Gasteiger partial charge is 1.00 e. The maximum Gasteiger partial charge on any atom is -1.00 e. The van der Waals surface area contributed by atoms with Gasteiger partial charge >= 0.3 is 201 Å². The first-order chi connectivity index (χ1) is 15.8. The Kier molecular flexibility index (Phi) is 8.29. The molecule has 0 aromatic heterocycles. The van der Waals surface area contributed by atoms with Crippen LogP contribution in [0.2, 0.25) is 0 Å². The molecule has 172 valence electrons. The Bertz CT molecular complexity index is 1220. The quantitative estimate of drug-likeness (QED) is 0.458. The second kappa shape index (κ2) is 11.0. The minimum Gasteiger partial charge on any atom is -1.00 e. The van der Waals surface area contributed by atoms with Gasteiger partial charge in [0, 0.05) is 0 Å². The molecule has 0 radical (unpaired) electrons. The van der Waals surface area contributed by atoms with Crippen LogP contribution in [-0.2, 0) is 21.3 Å². The average molecular weight is 565 g/mol. The predicted octanol–water partition coefficient (Wildman–Crippen LogP) is 2.14. The zero-order valence-electron chi connectivity index (χ0n) is 19.6. The van der Waals surface area contributed by atoms with Gasteiger partial charge in [-0.05, 0) is 0 Å². The van der Waals surface area contributed by atoms with E-state index in [1.165, 1.54) is 54.4 Å². The van der Waals surface area contributed by atoms with Crippen LogP contribution in [0, 0.1) is 5.92 Å². The maximum absolute atomic E-state index is 2.62. The first-order valence-electron chi connectivity index (χ1n) is 12.2. The minimum atomic E-state index is -2.17. The fraction of sp³-hybridized carbons (Fsp3) is 0.258. The normalized spacial score (nSPS) is 18.5. The van der Waals surface area contributed by atoms with Crippen molar-refractivity contribution in [1.82, 2.24) is 0 Å². The molecule has 3 heteroatoms. The Hall–Kier alpha value is -1.53. The van der Waals surface area contributed by atoms with Crippen molar-refractivity contribution in [2.75, 3.05) is 0 Å². The number of halogens is 2. The number of fused-ring (bicyclic) bond motifs is 3. The molecule has 0 spiro atoms. The van der Waals surface area contributed by atoms with Crippen LogP contribution in [0.5, 0.6) is 0 Å². The first kappa shape index (κ1) is 25.6. The number of allylic oxidation sites excluding steroid dienone is 4. The Labute approximate surface area is 224 Å². The van der Waals surface area contributed by atoms with E-state index in [2.05, 4.69) is 97.9 Å². The second-order valence-corrected chi connectivity index (χ2v) is 16.2. The van der Waals surface area contributed by atoms with Crippen LogP contribution in [0.4, 0.5) is 0 Å². The summed E-state index contributed by atoms with van der Waals surface area (Å²) >= 11 is -2.17. The van der Waals surface area contributed by atoms with E-state index in [0.29, 0.717) is 9.54 Å². The van der Waals surface area contributed by atoms with E-state index in [1.807, 2.05) is 6.49 Å².